The van der Waals surface area contributed by atoms with Crippen LogP contribution in [0.15, 0.2) is 0 Å². The van der Waals surface area contributed by atoms with E-state index in [2.05, 4.69) is 40.0 Å². The van der Waals surface area contributed by atoms with Crippen LogP contribution >= 0.6 is 0 Å². The molecule has 3 aliphatic rings. The maximum atomic E-state index is 7.47. The molecule has 0 aromatic carbocycles. The van der Waals surface area contributed by atoms with Gasteiger partial charge in [0.25, 0.3) is 0 Å². The maximum Gasteiger partial charge on any atom is 0.317 e. The van der Waals surface area contributed by atoms with E-state index < -0.39 is 34.2 Å². The van der Waals surface area contributed by atoms with Crippen molar-refractivity contribution >= 4 is 34.2 Å². The third-order valence-electron chi connectivity index (χ3n) is 11.9. The molecule has 0 aromatic rings. The summed E-state index contributed by atoms with van der Waals surface area (Å²) in [5.74, 6) is 0. The molecular formula is C44H92O8Si4. The molecule has 0 saturated carbocycles. The first kappa shape index (κ1) is 50.9. The van der Waals surface area contributed by atoms with Crippen LogP contribution in [0.5, 0.6) is 0 Å². The van der Waals surface area contributed by atoms with Crippen molar-refractivity contribution in [1.29, 1.82) is 0 Å². The van der Waals surface area contributed by atoms with Crippen molar-refractivity contribution in [3.63, 3.8) is 0 Å². The highest BCUT2D eigenvalue weighted by molar-refractivity contribution is 6.93. The Morgan fingerprint density at radius 1 is 0.357 bits per heavy atom. The smallest absolute Gasteiger partial charge is 0.317 e. The first-order chi connectivity index (χ1) is 27.1. The summed E-state index contributed by atoms with van der Waals surface area (Å²) in [5.41, 5.74) is 0. The molecule has 2 atom stereocenters. The van der Waals surface area contributed by atoms with Gasteiger partial charge in [0.2, 0.25) is 0 Å². The van der Waals surface area contributed by atoms with Gasteiger partial charge in [0.15, 0.2) is 0 Å². The highest BCUT2D eigenvalue weighted by Crippen LogP contribution is 2.39. The lowest BCUT2D eigenvalue weighted by molar-refractivity contribution is 0.114. The van der Waals surface area contributed by atoms with Gasteiger partial charge < -0.3 is 35.4 Å². The second kappa shape index (κ2) is 29.7. The fraction of sp³-hybridized carbons (Fsp3) is 1.00. The molecule has 0 aliphatic carbocycles. The van der Waals surface area contributed by atoms with Crippen LogP contribution in [0.2, 0.25) is 50.4 Å². The monoisotopic (exact) mass is 861 g/mol. The van der Waals surface area contributed by atoms with Crippen LogP contribution in [0.3, 0.4) is 0 Å². The van der Waals surface area contributed by atoms with Gasteiger partial charge in [-0.2, -0.15) is 0 Å². The van der Waals surface area contributed by atoms with Crippen LogP contribution in [0, 0.1) is 0 Å². The van der Waals surface area contributed by atoms with Crippen molar-refractivity contribution in [1.82, 2.24) is 0 Å². The van der Waals surface area contributed by atoms with E-state index >= 15 is 0 Å². The molecule has 3 rings (SSSR count). The van der Waals surface area contributed by atoms with Crippen molar-refractivity contribution in [2.75, 3.05) is 39.6 Å². The average molecular weight is 862 g/mol. The zero-order valence-corrected chi connectivity index (χ0v) is 41.9. The van der Waals surface area contributed by atoms with Crippen LogP contribution in [0.1, 0.15) is 181 Å². The molecule has 0 bridgehead atoms. The lowest BCUT2D eigenvalue weighted by atomic mass is 10.1. The molecule has 3 heterocycles. The SMILES string of the molecule is CCCCCCCCCCCCCC[Si]1(C)O[Si](C)(CCCOCC2CO2)O[Si](C)(CCCCCCCCCCCCCC)O[Si](C)(CCCOCC2CO2)O1. The third-order valence-corrected chi connectivity index (χ3v) is 30.8. The van der Waals surface area contributed by atoms with Crippen LogP contribution in [0.4, 0.5) is 0 Å². The number of hydrogen-bond acceptors (Lipinski definition) is 8. The van der Waals surface area contributed by atoms with Crippen molar-refractivity contribution in [2.24, 2.45) is 0 Å². The summed E-state index contributed by atoms with van der Waals surface area (Å²) >= 11 is 0. The molecule has 0 N–H and O–H groups in total. The second-order valence-electron chi connectivity index (χ2n) is 18.5. The van der Waals surface area contributed by atoms with Gasteiger partial charge in [-0.25, -0.2) is 0 Å². The third kappa shape index (κ3) is 25.4. The lowest BCUT2D eigenvalue weighted by Gasteiger charge is -2.50. The van der Waals surface area contributed by atoms with Crippen LogP contribution in [-0.4, -0.2) is 86.1 Å². The Bertz CT molecular complexity index is 870. The molecule has 2 unspecified atom stereocenters. The average Bonchev–Trinajstić information content (AvgIpc) is 4.08. The summed E-state index contributed by atoms with van der Waals surface area (Å²) in [6, 6.07) is 3.88. The topological polar surface area (TPSA) is 80.4 Å². The van der Waals surface area contributed by atoms with E-state index in [1.165, 1.54) is 141 Å². The van der Waals surface area contributed by atoms with Crippen molar-refractivity contribution in [2.45, 2.75) is 243 Å². The Hall–Kier alpha value is 0.548. The lowest BCUT2D eigenvalue weighted by Crippen LogP contribution is -2.67. The molecule has 3 aliphatic heterocycles. The van der Waals surface area contributed by atoms with E-state index in [4.69, 9.17) is 35.4 Å². The number of rotatable bonds is 38. The van der Waals surface area contributed by atoms with Crippen molar-refractivity contribution in [3.8, 4) is 0 Å². The van der Waals surface area contributed by atoms with E-state index in [9.17, 15) is 0 Å². The van der Waals surface area contributed by atoms with Crippen LogP contribution in [-0.2, 0) is 35.4 Å². The van der Waals surface area contributed by atoms with Crippen molar-refractivity contribution in [3.05, 3.63) is 0 Å². The molecule has 0 aromatic heterocycles. The van der Waals surface area contributed by atoms with Gasteiger partial charge in [0.05, 0.1) is 26.4 Å². The quantitative estimate of drug-likeness (QED) is 0.0345. The minimum Gasteiger partial charge on any atom is -0.416 e. The minimum atomic E-state index is -2.62. The summed E-state index contributed by atoms with van der Waals surface area (Å²) in [7, 11) is -10.4. The van der Waals surface area contributed by atoms with E-state index in [-0.39, 0.29) is 0 Å². The Balaban J connectivity index is 1.56. The Morgan fingerprint density at radius 3 is 0.839 bits per heavy atom. The van der Waals surface area contributed by atoms with E-state index in [0.29, 0.717) is 25.4 Å². The Labute approximate surface area is 351 Å². The molecule has 8 nitrogen and oxygen atoms in total. The number of ether oxygens (including phenoxy) is 4. The molecule has 3 fully saturated rings. The highest BCUT2D eigenvalue weighted by Gasteiger charge is 2.56. The normalized spacial score (nSPS) is 29.0. The van der Waals surface area contributed by atoms with Crippen LogP contribution in [0.25, 0.3) is 0 Å². The Morgan fingerprint density at radius 2 is 0.589 bits per heavy atom. The summed E-state index contributed by atoms with van der Waals surface area (Å²) < 4.78 is 52.6. The van der Waals surface area contributed by atoms with Gasteiger partial charge in [-0.3, -0.25) is 0 Å². The minimum absolute atomic E-state index is 0.297. The van der Waals surface area contributed by atoms with E-state index in [1.807, 2.05) is 0 Å². The molecule has 0 spiro atoms. The molecular weight excluding hydrogens is 769 g/mol. The number of unbranched alkanes of at least 4 members (excludes halogenated alkanes) is 22. The number of hydrogen-bond donors (Lipinski definition) is 0. The second-order valence-corrected chi connectivity index (χ2v) is 32.8. The standard InChI is InChI=1S/C44H92O8Si4/c1-7-9-11-13-15-17-19-21-23-25-27-29-35-53(3)49-55(5,37-31-33-45-39-43-41-47-43)51-54(4,36-30-28-26-24-22-20-18-16-14-12-10-8-2)52-56(6,50-53)38-32-34-46-40-44-42-48-44/h43-44H,7-42H2,1-6H3. The fourth-order valence-electron chi connectivity index (χ4n) is 8.64. The molecule has 332 valence electrons. The summed E-state index contributed by atoms with van der Waals surface area (Å²) in [6.07, 6.45) is 34.9. The molecule has 12 heteroatoms. The Kier molecular flexibility index (Phi) is 27.0. The first-order valence-electron chi connectivity index (χ1n) is 24.3. The summed E-state index contributed by atoms with van der Waals surface area (Å²) in [6.45, 7) is 18.4. The van der Waals surface area contributed by atoms with E-state index in [1.54, 1.807) is 0 Å². The van der Waals surface area contributed by atoms with Gasteiger partial charge >= 0.3 is 34.2 Å². The summed E-state index contributed by atoms with van der Waals surface area (Å²) in [4.78, 5) is 0. The number of epoxide rings is 2. The maximum absolute atomic E-state index is 7.47. The van der Waals surface area contributed by atoms with E-state index in [0.717, 1.165) is 76.3 Å². The van der Waals surface area contributed by atoms with Gasteiger partial charge in [0, 0.05) is 13.2 Å². The van der Waals surface area contributed by atoms with Crippen LogP contribution < -0.4 is 0 Å². The molecule has 0 amide bonds. The van der Waals surface area contributed by atoms with Gasteiger partial charge in [-0.15, -0.1) is 0 Å². The summed E-state index contributed by atoms with van der Waals surface area (Å²) in [5, 5.41) is 0. The zero-order valence-electron chi connectivity index (χ0n) is 37.9. The molecule has 56 heavy (non-hydrogen) atoms. The van der Waals surface area contributed by atoms with Gasteiger partial charge in [0.1, 0.15) is 12.2 Å². The van der Waals surface area contributed by atoms with Crippen molar-refractivity contribution < 1.29 is 35.4 Å². The molecule has 3 saturated heterocycles. The zero-order chi connectivity index (χ0) is 40.3. The molecule has 0 radical (unpaired) electrons. The predicted molar refractivity (Wildman–Crippen MR) is 243 cm³/mol. The largest absolute Gasteiger partial charge is 0.416 e. The first-order valence-corrected chi connectivity index (χ1v) is 34.4. The van der Waals surface area contributed by atoms with Gasteiger partial charge in [-0.05, 0) is 63.2 Å². The van der Waals surface area contributed by atoms with Gasteiger partial charge in [-0.1, -0.05) is 168 Å². The highest BCUT2D eigenvalue weighted by atomic mass is 28.5. The predicted octanol–water partition coefficient (Wildman–Crippen LogP) is 13.4. The fourth-order valence-corrected chi connectivity index (χ4v) is 32.0.